The van der Waals surface area contributed by atoms with E-state index in [2.05, 4.69) is 17.0 Å². The van der Waals surface area contributed by atoms with Crippen LogP contribution in [0.15, 0.2) is 60.7 Å². The summed E-state index contributed by atoms with van der Waals surface area (Å²) in [6, 6.07) is 22.0. The summed E-state index contributed by atoms with van der Waals surface area (Å²) < 4.78 is 0. The SMILES string of the molecule is N#Cc1c(C#N)c2ccc3cc(OO)ccc3c2c2c1ccc1cc(O)ccc12. The van der Waals surface area contributed by atoms with Gasteiger partial charge in [-0.25, -0.2) is 5.26 Å². The highest BCUT2D eigenvalue weighted by Gasteiger charge is 2.18. The Balaban J connectivity index is 2.16. The Kier molecular flexibility index (Phi) is 3.54. The van der Waals surface area contributed by atoms with Gasteiger partial charge in [-0.1, -0.05) is 30.3 Å². The Morgan fingerprint density at radius 3 is 1.72 bits per heavy atom. The zero-order valence-electron chi connectivity index (χ0n) is 15.0. The summed E-state index contributed by atoms with van der Waals surface area (Å²) in [4.78, 5) is 4.36. The van der Waals surface area contributed by atoms with Crippen LogP contribution in [-0.4, -0.2) is 10.4 Å². The molecule has 0 bridgehead atoms. The smallest absolute Gasteiger partial charge is 0.165 e. The van der Waals surface area contributed by atoms with Crippen LogP contribution in [0.2, 0.25) is 0 Å². The molecule has 0 spiro atoms. The summed E-state index contributed by atoms with van der Waals surface area (Å²) in [6.45, 7) is 0. The maximum atomic E-state index is 9.90. The van der Waals surface area contributed by atoms with Gasteiger partial charge in [-0.3, -0.25) is 0 Å². The predicted molar refractivity (Wildman–Crippen MR) is 111 cm³/mol. The molecule has 5 heteroatoms. The van der Waals surface area contributed by atoms with E-state index in [1.54, 1.807) is 24.3 Å². The van der Waals surface area contributed by atoms with Crippen LogP contribution < -0.4 is 4.89 Å². The van der Waals surface area contributed by atoms with Gasteiger partial charge in [-0.2, -0.15) is 10.5 Å². The van der Waals surface area contributed by atoms with E-state index < -0.39 is 0 Å². The molecule has 5 aromatic rings. The van der Waals surface area contributed by atoms with Crippen molar-refractivity contribution in [3.05, 3.63) is 71.8 Å². The van der Waals surface area contributed by atoms with Crippen LogP contribution >= 0.6 is 0 Å². The number of phenols is 1. The maximum absolute atomic E-state index is 9.90. The highest BCUT2D eigenvalue weighted by molar-refractivity contribution is 6.29. The summed E-state index contributed by atoms with van der Waals surface area (Å²) in [5.41, 5.74) is 0.664. The molecule has 0 aliphatic rings. The number of hydrogen-bond donors (Lipinski definition) is 2. The van der Waals surface area contributed by atoms with Crippen LogP contribution in [0.1, 0.15) is 11.1 Å². The van der Waals surface area contributed by atoms with Crippen LogP contribution in [0.25, 0.3) is 43.1 Å². The van der Waals surface area contributed by atoms with Crippen molar-refractivity contribution in [3.8, 4) is 23.6 Å². The first kappa shape index (κ1) is 16.8. The Bertz CT molecular complexity index is 1570. The average Bonchev–Trinajstić information content (AvgIpc) is 2.76. The summed E-state index contributed by atoms with van der Waals surface area (Å²) in [6.07, 6.45) is 0. The molecule has 0 fully saturated rings. The standard InChI is InChI=1S/C24H12N2O3/c25-11-21-19-5-1-13-9-15(27)3-7-17(13)23(19)24-18-8-4-16(29-28)10-14(18)2-6-20(24)22(21)12-26/h1-10,27-28H. The first-order valence-electron chi connectivity index (χ1n) is 8.85. The van der Waals surface area contributed by atoms with Crippen LogP contribution in [0.4, 0.5) is 0 Å². The van der Waals surface area contributed by atoms with Crippen molar-refractivity contribution in [2.45, 2.75) is 0 Å². The third kappa shape index (κ3) is 2.29. The molecule has 0 saturated carbocycles. The Labute approximate surface area is 164 Å². The minimum atomic E-state index is 0.157. The second-order valence-corrected chi connectivity index (χ2v) is 6.83. The van der Waals surface area contributed by atoms with Gasteiger partial charge in [0.2, 0.25) is 0 Å². The summed E-state index contributed by atoms with van der Waals surface area (Å²) >= 11 is 0. The first-order valence-corrected chi connectivity index (χ1v) is 8.85. The lowest BCUT2D eigenvalue weighted by atomic mass is 9.87. The van der Waals surface area contributed by atoms with Gasteiger partial charge in [-0.15, -0.1) is 0 Å². The molecular weight excluding hydrogens is 364 g/mol. The Morgan fingerprint density at radius 1 is 0.655 bits per heavy atom. The second kappa shape index (κ2) is 6.10. The molecule has 0 heterocycles. The first-order chi connectivity index (χ1) is 14.2. The van der Waals surface area contributed by atoms with Crippen molar-refractivity contribution >= 4 is 43.1 Å². The zero-order valence-corrected chi connectivity index (χ0v) is 15.0. The van der Waals surface area contributed by atoms with E-state index in [0.29, 0.717) is 27.6 Å². The number of nitrogens with zero attached hydrogens (tertiary/aromatic N) is 2. The number of hydrogen-bond acceptors (Lipinski definition) is 5. The van der Waals surface area contributed by atoms with E-state index in [1.165, 1.54) is 0 Å². The third-order valence-corrected chi connectivity index (χ3v) is 5.36. The number of phenolic OH excluding ortho intramolecular Hbond substituents is 1. The fourth-order valence-corrected chi connectivity index (χ4v) is 4.14. The monoisotopic (exact) mass is 376 g/mol. The predicted octanol–water partition coefficient (Wildman–Crippen LogP) is 5.60. The Morgan fingerprint density at radius 2 is 1.17 bits per heavy atom. The van der Waals surface area contributed by atoms with Crippen LogP contribution in [0.5, 0.6) is 11.5 Å². The largest absolute Gasteiger partial charge is 0.508 e. The van der Waals surface area contributed by atoms with Crippen molar-refractivity contribution < 1.29 is 15.3 Å². The lowest BCUT2D eigenvalue weighted by Crippen LogP contribution is -1.93. The van der Waals surface area contributed by atoms with E-state index in [-0.39, 0.29) is 5.75 Å². The van der Waals surface area contributed by atoms with Gasteiger partial charge in [0.25, 0.3) is 0 Å². The molecule has 0 saturated heterocycles. The molecule has 0 aromatic heterocycles. The van der Waals surface area contributed by atoms with Crippen LogP contribution in [-0.2, 0) is 0 Å². The van der Waals surface area contributed by atoms with Gasteiger partial charge in [0.15, 0.2) is 5.75 Å². The van der Waals surface area contributed by atoms with E-state index >= 15 is 0 Å². The van der Waals surface area contributed by atoms with Gasteiger partial charge in [-0.05, 0) is 62.6 Å². The molecule has 2 N–H and O–H groups in total. The summed E-state index contributed by atoms with van der Waals surface area (Å²) in [5, 5.41) is 45.0. The van der Waals surface area contributed by atoms with Gasteiger partial charge >= 0.3 is 0 Å². The van der Waals surface area contributed by atoms with Gasteiger partial charge < -0.3 is 9.99 Å². The Hall–Kier alpha value is -4.32. The quantitative estimate of drug-likeness (QED) is 0.225. The molecule has 0 unspecified atom stereocenters. The minimum Gasteiger partial charge on any atom is -0.508 e. The molecule has 0 aliphatic carbocycles. The van der Waals surface area contributed by atoms with Crippen LogP contribution in [0.3, 0.4) is 0 Å². The van der Waals surface area contributed by atoms with E-state index in [0.717, 1.165) is 32.3 Å². The normalized spacial score (nSPS) is 11.0. The van der Waals surface area contributed by atoms with E-state index in [4.69, 9.17) is 5.26 Å². The fraction of sp³-hybridized carbons (Fsp3) is 0. The van der Waals surface area contributed by atoms with Gasteiger partial charge in [0.1, 0.15) is 17.9 Å². The molecule has 5 aromatic carbocycles. The molecule has 0 amide bonds. The number of rotatable bonds is 1. The molecular formula is C24H12N2O3. The summed E-state index contributed by atoms with van der Waals surface area (Å²) in [5.74, 6) is 0.468. The van der Waals surface area contributed by atoms with Crippen molar-refractivity contribution in [1.29, 1.82) is 10.5 Å². The third-order valence-electron chi connectivity index (χ3n) is 5.36. The topological polar surface area (TPSA) is 97.3 Å². The van der Waals surface area contributed by atoms with E-state index in [9.17, 15) is 15.6 Å². The van der Waals surface area contributed by atoms with Crippen molar-refractivity contribution in [3.63, 3.8) is 0 Å². The van der Waals surface area contributed by atoms with Crippen molar-refractivity contribution in [2.75, 3.05) is 0 Å². The highest BCUT2D eigenvalue weighted by Crippen LogP contribution is 2.41. The van der Waals surface area contributed by atoms with Gasteiger partial charge in [0, 0.05) is 10.8 Å². The molecule has 5 rings (SSSR count). The molecule has 0 aliphatic heterocycles. The summed E-state index contributed by atoms with van der Waals surface area (Å²) in [7, 11) is 0. The van der Waals surface area contributed by atoms with Crippen LogP contribution in [0, 0.1) is 22.7 Å². The number of nitriles is 2. The number of fused-ring (bicyclic) bond motifs is 7. The molecule has 0 radical (unpaired) electrons. The highest BCUT2D eigenvalue weighted by atomic mass is 17.1. The minimum absolute atomic E-state index is 0.157. The maximum Gasteiger partial charge on any atom is 0.165 e. The van der Waals surface area contributed by atoms with Crippen molar-refractivity contribution in [1.82, 2.24) is 0 Å². The molecule has 5 nitrogen and oxygen atoms in total. The fourth-order valence-electron chi connectivity index (χ4n) is 4.14. The van der Waals surface area contributed by atoms with E-state index in [1.807, 2.05) is 36.4 Å². The lowest BCUT2D eigenvalue weighted by molar-refractivity contribution is -0.137. The second-order valence-electron chi connectivity index (χ2n) is 6.83. The van der Waals surface area contributed by atoms with Gasteiger partial charge in [0.05, 0.1) is 11.1 Å². The van der Waals surface area contributed by atoms with Crippen molar-refractivity contribution in [2.24, 2.45) is 0 Å². The number of benzene rings is 5. The molecule has 0 atom stereocenters. The number of aromatic hydroxyl groups is 1. The lowest BCUT2D eigenvalue weighted by Gasteiger charge is -2.14. The zero-order chi connectivity index (χ0) is 20.1. The molecule has 29 heavy (non-hydrogen) atoms. The molecule has 136 valence electrons. The average molecular weight is 376 g/mol.